The Morgan fingerprint density at radius 1 is 1.46 bits per heavy atom. The summed E-state index contributed by atoms with van der Waals surface area (Å²) in [6.07, 6.45) is 2.70. The van der Waals surface area contributed by atoms with Gasteiger partial charge in [-0.1, -0.05) is 0 Å². The molecule has 68 valence electrons. The van der Waals surface area contributed by atoms with Gasteiger partial charge in [0.15, 0.2) is 0 Å². The van der Waals surface area contributed by atoms with Gasteiger partial charge in [0.05, 0.1) is 5.56 Å². The van der Waals surface area contributed by atoms with E-state index in [0.717, 1.165) is 18.9 Å². The molecule has 2 N–H and O–H groups in total. The molecule has 2 heterocycles. The van der Waals surface area contributed by atoms with Crippen LogP contribution in [0.1, 0.15) is 22.1 Å². The lowest BCUT2D eigenvalue weighted by Crippen LogP contribution is -2.40. The minimum absolute atomic E-state index is 0.135. The average Bonchev–Trinajstić information content (AvgIpc) is 2.02. The number of hydrogen-bond donors (Lipinski definition) is 2. The summed E-state index contributed by atoms with van der Waals surface area (Å²) in [4.78, 5) is 18.5. The number of rotatable bonds is 2. The number of carboxylic acids is 1. The lowest BCUT2D eigenvalue weighted by Gasteiger charge is -2.25. The van der Waals surface area contributed by atoms with Crippen LogP contribution in [0.25, 0.3) is 0 Å². The van der Waals surface area contributed by atoms with Crippen LogP contribution in [0.3, 0.4) is 0 Å². The molecule has 0 bridgehead atoms. The van der Waals surface area contributed by atoms with Crippen LogP contribution in [-0.2, 0) is 0 Å². The van der Waals surface area contributed by atoms with Crippen molar-refractivity contribution in [2.24, 2.45) is 0 Å². The summed E-state index contributed by atoms with van der Waals surface area (Å²) in [6.45, 7) is 1.76. The molecule has 13 heavy (non-hydrogen) atoms. The molecule has 1 saturated heterocycles. The number of nitrogens with zero attached hydrogens (tertiary/aromatic N) is 2. The van der Waals surface area contributed by atoms with Crippen molar-refractivity contribution in [1.82, 2.24) is 15.3 Å². The molecule has 1 aromatic rings. The Bertz CT molecular complexity index is 319. The van der Waals surface area contributed by atoms with E-state index in [1.807, 2.05) is 0 Å². The van der Waals surface area contributed by atoms with E-state index in [-0.39, 0.29) is 5.56 Å². The van der Waals surface area contributed by atoms with E-state index in [2.05, 4.69) is 15.3 Å². The first-order valence-electron chi connectivity index (χ1n) is 4.03. The molecular weight excluding hydrogens is 170 g/mol. The summed E-state index contributed by atoms with van der Waals surface area (Å²) in [6, 6.07) is 0. The van der Waals surface area contributed by atoms with E-state index in [1.54, 1.807) is 0 Å². The third-order valence-electron chi connectivity index (χ3n) is 2.07. The highest BCUT2D eigenvalue weighted by Gasteiger charge is 2.21. The van der Waals surface area contributed by atoms with Gasteiger partial charge in [0.1, 0.15) is 5.82 Å². The normalized spacial score (nSPS) is 16.6. The van der Waals surface area contributed by atoms with Gasteiger partial charge in [0, 0.05) is 31.4 Å². The Hall–Kier alpha value is -1.49. The summed E-state index contributed by atoms with van der Waals surface area (Å²) < 4.78 is 0. The number of aromatic carboxylic acids is 1. The molecule has 0 saturated carbocycles. The van der Waals surface area contributed by atoms with Crippen molar-refractivity contribution in [3.63, 3.8) is 0 Å². The van der Waals surface area contributed by atoms with Crippen molar-refractivity contribution < 1.29 is 9.90 Å². The minimum Gasteiger partial charge on any atom is -0.478 e. The fourth-order valence-electron chi connectivity index (χ4n) is 1.13. The van der Waals surface area contributed by atoms with Crippen LogP contribution >= 0.6 is 0 Å². The highest BCUT2D eigenvalue weighted by atomic mass is 16.4. The molecule has 0 radical (unpaired) electrons. The fraction of sp³-hybridized carbons (Fsp3) is 0.375. The van der Waals surface area contributed by atoms with Crippen LogP contribution in [0.4, 0.5) is 0 Å². The topological polar surface area (TPSA) is 75.1 Å². The molecule has 5 nitrogen and oxygen atoms in total. The van der Waals surface area contributed by atoms with Crippen molar-refractivity contribution >= 4 is 5.97 Å². The maximum absolute atomic E-state index is 10.5. The zero-order chi connectivity index (χ0) is 9.26. The molecule has 1 aliphatic heterocycles. The second-order valence-corrected chi connectivity index (χ2v) is 2.99. The summed E-state index contributed by atoms with van der Waals surface area (Å²) in [5.41, 5.74) is 0.135. The second kappa shape index (κ2) is 3.10. The molecule has 1 fully saturated rings. The SMILES string of the molecule is O=C(O)c1cnc(C2CNC2)nc1. The largest absolute Gasteiger partial charge is 0.478 e. The number of carbonyl (C=O) groups is 1. The van der Waals surface area contributed by atoms with Crippen molar-refractivity contribution in [2.45, 2.75) is 5.92 Å². The van der Waals surface area contributed by atoms with Crippen LogP contribution < -0.4 is 5.32 Å². The fourth-order valence-corrected chi connectivity index (χ4v) is 1.13. The molecule has 0 atom stereocenters. The first kappa shape index (κ1) is 8.12. The molecule has 2 rings (SSSR count). The summed E-state index contributed by atoms with van der Waals surface area (Å²) in [5, 5.41) is 11.7. The third-order valence-corrected chi connectivity index (χ3v) is 2.07. The van der Waals surface area contributed by atoms with Crippen molar-refractivity contribution in [3.8, 4) is 0 Å². The van der Waals surface area contributed by atoms with Crippen LogP contribution in [0.15, 0.2) is 12.4 Å². The van der Waals surface area contributed by atoms with Gasteiger partial charge >= 0.3 is 5.97 Å². The van der Waals surface area contributed by atoms with Gasteiger partial charge in [-0.2, -0.15) is 0 Å². The lowest BCUT2D eigenvalue weighted by atomic mass is 10.0. The summed E-state index contributed by atoms with van der Waals surface area (Å²) >= 11 is 0. The number of nitrogens with one attached hydrogen (secondary N) is 1. The predicted octanol–water partition coefficient (Wildman–Crippen LogP) is -0.138. The first-order chi connectivity index (χ1) is 6.27. The monoisotopic (exact) mass is 179 g/mol. The Labute approximate surface area is 74.8 Å². The molecule has 0 aromatic carbocycles. The van der Waals surface area contributed by atoms with Gasteiger partial charge in [0.25, 0.3) is 0 Å². The van der Waals surface area contributed by atoms with Gasteiger partial charge < -0.3 is 10.4 Å². The average molecular weight is 179 g/mol. The number of hydrogen-bond acceptors (Lipinski definition) is 4. The lowest BCUT2D eigenvalue weighted by molar-refractivity contribution is 0.0696. The first-order valence-corrected chi connectivity index (χ1v) is 4.03. The smallest absolute Gasteiger partial charge is 0.338 e. The quantitative estimate of drug-likeness (QED) is 0.661. The van der Waals surface area contributed by atoms with E-state index in [1.165, 1.54) is 12.4 Å². The third kappa shape index (κ3) is 1.50. The van der Waals surface area contributed by atoms with Gasteiger partial charge in [-0.15, -0.1) is 0 Å². The molecule has 5 heteroatoms. The molecular formula is C8H9N3O2. The molecule has 1 aromatic heterocycles. The molecule has 0 unspecified atom stereocenters. The molecule has 0 spiro atoms. The van der Waals surface area contributed by atoms with Crippen LogP contribution in [0.2, 0.25) is 0 Å². The van der Waals surface area contributed by atoms with Gasteiger partial charge in [-0.3, -0.25) is 0 Å². The van der Waals surface area contributed by atoms with Crippen molar-refractivity contribution in [1.29, 1.82) is 0 Å². The predicted molar refractivity (Wildman–Crippen MR) is 44.6 cm³/mol. The Kier molecular flexibility index (Phi) is 1.94. The van der Waals surface area contributed by atoms with Crippen molar-refractivity contribution in [3.05, 3.63) is 23.8 Å². The summed E-state index contributed by atoms with van der Waals surface area (Å²) in [7, 11) is 0. The van der Waals surface area contributed by atoms with Crippen LogP contribution in [-0.4, -0.2) is 34.1 Å². The molecule has 0 amide bonds. The highest BCUT2D eigenvalue weighted by Crippen LogP contribution is 2.14. The van der Waals surface area contributed by atoms with Crippen LogP contribution in [0.5, 0.6) is 0 Å². The highest BCUT2D eigenvalue weighted by molar-refractivity contribution is 5.86. The number of aromatic nitrogens is 2. The van der Waals surface area contributed by atoms with Gasteiger partial charge in [-0.25, -0.2) is 14.8 Å². The van der Waals surface area contributed by atoms with Crippen molar-refractivity contribution in [2.75, 3.05) is 13.1 Å². The molecule has 0 aliphatic carbocycles. The Morgan fingerprint density at radius 3 is 2.46 bits per heavy atom. The number of carboxylic acid groups (broad SMARTS) is 1. The van der Waals surface area contributed by atoms with E-state index in [4.69, 9.17) is 5.11 Å². The Balaban J connectivity index is 2.17. The maximum atomic E-state index is 10.5. The Morgan fingerprint density at radius 2 is 2.08 bits per heavy atom. The zero-order valence-electron chi connectivity index (χ0n) is 6.90. The zero-order valence-corrected chi connectivity index (χ0v) is 6.90. The van der Waals surface area contributed by atoms with E-state index < -0.39 is 5.97 Å². The van der Waals surface area contributed by atoms with E-state index in [0.29, 0.717) is 5.92 Å². The van der Waals surface area contributed by atoms with Gasteiger partial charge in [-0.05, 0) is 0 Å². The van der Waals surface area contributed by atoms with Gasteiger partial charge in [0.2, 0.25) is 0 Å². The second-order valence-electron chi connectivity index (χ2n) is 2.99. The standard InChI is InChI=1S/C8H9N3O2/c12-8(13)6-3-10-7(11-4-6)5-1-9-2-5/h3-5,9H,1-2H2,(H,12,13). The van der Waals surface area contributed by atoms with E-state index in [9.17, 15) is 4.79 Å². The molecule has 1 aliphatic rings. The van der Waals surface area contributed by atoms with Crippen LogP contribution in [0, 0.1) is 0 Å². The maximum Gasteiger partial charge on any atom is 0.338 e. The van der Waals surface area contributed by atoms with E-state index >= 15 is 0 Å². The summed E-state index contributed by atoms with van der Waals surface area (Å²) in [5.74, 6) is 0.0879. The minimum atomic E-state index is -0.988.